The van der Waals surface area contributed by atoms with Crippen molar-refractivity contribution in [2.75, 3.05) is 19.6 Å². The van der Waals surface area contributed by atoms with Gasteiger partial charge in [0.05, 0.1) is 0 Å². The van der Waals surface area contributed by atoms with Crippen LogP contribution in [0.1, 0.15) is 51.4 Å². The molecule has 148 valence electrons. The van der Waals surface area contributed by atoms with E-state index in [0.717, 1.165) is 56.1 Å². The molecule has 1 aromatic rings. The van der Waals surface area contributed by atoms with E-state index in [1.807, 2.05) is 24.3 Å². The lowest BCUT2D eigenvalue weighted by atomic mass is 9.78. The minimum absolute atomic E-state index is 0.265. The molecular formula is C22H31ClN2O2. The van der Waals surface area contributed by atoms with E-state index < -0.39 is 0 Å². The first-order valence-electron chi connectivity index (χ1n) is 10.6. The molecule has 3 aliphatic rings. The molecule has 2 saturated heterocycles. The number of hydrogen-bond acceptors (Lipinski definition) is 3. The summed E-state index contributed by atoms with van der Waals surface area (Å²) < 4.78 is 6.08. The first kappa shape index (κ1) is 19.1. The summed E-state index contributed by atoms with van der Waals surface area (Å²) >= 11 is 5.93. The van der Waals surface area contributed by atoms with Crippen LogP contribution in [0.5, 0.6) is 5.75 Å². The molecule has 4 nitrogen and oxygen atoms in total. The number of rotatable bonds is 6. The van der Waals surface area contributed by atoms with Gasteiger partial charge in [-0.2, -0.15) is 0 Å². The van der Waals surface area contributed by atoms with Crippen molar-refractivity contribution in [2.24, 2.45) is 11.8 Å². The van der Waals surface area contributed by atoms with Gasteiger partial charge in [0.25, 0.3) is 0 Å². The molecule has 1 aromatic carbocycles. The molecule has 0 radical (unpaired) electrons. The van der Waals surface area contributed by atoms with Crippen molar-refractivity contribution in [1.82, 2.24) is 10.2 Å². The van der Waals surface area contributed by atoms with Crippen molar-refractivity contribution < 1.29 is 9.53 Å². The van der Waals surface area contributed by atoms with E-state index in [1.165, 1.54) is 25.7 Å². The number of benzene rings is 1. The molecule has 3 atom stereocenters. The van der Waals surface area contributed by atoms with E-state index in [-0.39, 0.29) is 5.92 Å². The maximum absolute atomic E-state index is 12.3. The number of halogens is 1. The number of likely N-dealkylation sites (tertiary alicyclic amines) is 1. The minimum atomic E-state index is 0.265. The number of amides is 1. The molecular weight excluding hydrogens is 360 g/mol. The molecule has 1 unspecified atom stereocenters. The summed E-state index contributed by atoms with van der Waals surface area (Å²) in [7, 11) is 0. The second-order valence-corrected chi connectivity index (χ2v) is 8.86. The molecule has 2 heterocycles. The normalized spacial score (nSPS) is 29.4. The van der Waals surface area contributed by atoms with Gasteiger partial charge in [0.1, 0.15) is 11.9 Å². The van der Waals surface area contributed by atoms with E-state index in [0.29, 0.717) is 24.0 Å². The number of ether oxygens (including phenoxy) is 1. The number of hydrogen-bond donors (Lipinski definition) is 1. The number of piperidine rings is 1. The van der Waals surface area contributed by atoms with Gasteiger partial charge in [0.15, 0.2) is 0 Å². The largest absolute Gasteiger partial charge is 0.490 e. The summed E-state index contributed by atoms with van der Waals surface area (Å²) in [6.45, 7) is 3.27. The summed E-state index contributed by atoms with van der Waals surface area (Å²) in [6, 6.07) is 8.11. The van der Waals surface area contributed by atoms with Crippen molar-refractivity contribution >= 4 is 17.5 Å². The predicted molar refractivity (Wildman–Crippen MR) is 108 cm³/mol. The van der Waals surface area contributed by atoms with Crippen molar-refractivity contribution in [3.63, 3.8) is 0 Å². The van der Waals surface area contributed by atoms with E-state index >= 15 is 0 Å². The Labute approximate surface area is 167 Å². The van der Waals surface area contributed by atoms with Gasteiger partial charge in [-0.05, 0) is 75.3 Å². The standard InChI is InChI=1S/C22H31ClN2O2/c23-16-7-9-17(10-8-16)27-18-11-14-25(15-12-18)13-3-5-20-19-4-1-2-6-21(19)24-22(20)26/h7-10,18-21H,1-6,11-15H2,(H,24,26)/t19-,20?,21+/m0/s1. The van der Waals surface area contributed by atoms with Gasteiger partial charge >= 0.3 is 0 Å². The highest BCUT2D eigenvalue weighted by Gasteiger charge is 2.42. The molecule has 1 saturated carbocycles. The quantitative estimate of drug-likeness (QED) is 0.788. The zero-order valence-corrected chi connectivity index (χ0v) is 16.8. The molecule has 1 aliphatic carbocycles. The molecule has 0 spiro atoms. The van der Waals surface area contributed by atoms with Crippen LogP contribution in [0.15, 0.2) is 24.3 Å². The van der Waals surface area contributed by atoms with E-state index in [4.69, 9.17) is 16.3 Å². The third kappa shape index (κ3) is 4.78. The zero-order valence-electron chi connectivity index (χ0n) is 16.0. The molecule has 2 aliphatic heterocycles. The Morgan fingerprint density at radius 3 is 2.59 bits per heavy atom. The number of nitrogens with zero attached hydrogens (tertiary/aromatic N) is 1. The van der Waals surface area contributed by atoms with Crippen molar-refractivity contribution in [3.05, 3.63) is 29.3 Å². The first-order valence-corrected chi connectivity index (χ1v) is 11.0. The van der Waals surface area contributed by atoms with Crippen LogP contribution >= 0.6 is 11.6 Å². The molecule has 1 N–H and O–H groups in total. The molecule has 0 aromatic heterocycles. The van der Waals surface area contributed by atoms with Crippen LogP contribution < -0.4 is 10.1 Å². The van der Waals surface area contributed by atoms with Gasteiger partial charge in [0.2, 0.25) is 5.91 Å². The Morgan fingerprint density at radius 2 is 1.81 bits per heavy atom. The summed E-state index contributed by atoms with van der Waals surface area (Å²) in [5.74, 6) is 2.10. The van der Waals surface area contributed by atoms with Gasteiger partial charge < -0.3 is 15.0 Å². The number of nitrogens with one attached hydrogen (secondary N) is 1. The van der Waals surface area contributed by atoms with Crippen LogP contribution in [0.3, 0.4) is 0 Å². The summed E-state index contributed by atoms with van der Waals surface area (Å²) in [5, 5.41) is 3.99. The van der Waals surface area contributed by atoms with E-state index in [9.17, 15) is 4.79 Å². The maximum atomic E-state index is 12.3. The van der Waals surface area contributed by atoms with Crippen molar-refractivity contribution in [2.45, 2.75) is 63.5 Å². The highest BCUT2D eigenvalue weighted by molar-refractivity contribution is 6.30. The minimum Gasteiger partial charge on any atom is -0.490 e. The molecule has 3 fully saturated rings. The monoisotopic (exact) mass is 390 g/mol. The highest BCUT2D eigenvalue weighted by atomic mass is 35.5. The van der Waals surface area contributed by atoms with Crippen LogP contribution in [0.2, 0.25) is 5.02 Å². The fraction of sp³-hybridized carbons (Fsp3) is 0.682. The molecule has 4 rings (SSSR count). The molecule has 1 amide bonds. The average Bonchev–Trinajstić information content (AvgIpc) is 3.00. The lowest BCUT2D eigenvalue weighted by molar-refractivity contribution is -0.123. The van der Waals surface area contributed by atoms with Crippen LogP contribution in [-0.4, -0.2) is 42.6 Å². The summed E-state index contributed by atoms with van der Waals surface area (Å²) in [6.07, 6.45) is 9.61. The smallest absolute Gasteiger partial charge is 0.223 e. The Morgan fingerprint density at radius 1 is 1.07 bits per heavy atom. The van der Waals surface area contributed by atoms with Gasteiger partial charge in [-0.1, -0.05) is 24.4 Å². The van der Waals surface area contributed by atoms with Gasteiger partial charge in [0, 0.05) is 30.1 Å². The summed E-state index contributed by atoms with van der Waals surface area (Å²) in [4.78, 5) is 14.8. The molecule has 0 bridgehead atoms. The highest BCUT2D eigenvalue weighted by Crippen LogP contribution is 2.37. The van der Waals surface area contributed by atoms with Crippen LogP contribution in [-0.2, 0) is 4.79 Å². The third-order valence-corrected chi connectivity index (χ3v) is 6.89. The van der Waals surface area contributed by atoms with Gasteiger partial charge in [-0.15, -0.1) is 0 Å². The lowest BCUT2D eigenvalue weighted by Gasteiger charge is -2.32. The Balaban J connectivity index is 1.16. The fourth-order valence-corrected chi connectivity index (χ4v) is 5.27. The second kappa shape index (κ2) is 8.83. The zero-order chi connectivity index (χ0) is 18.6. The van der Waals surface area contributed by atoms with Crippen LogP contribution in [0, 0.1) is 11.8 Å². The number of carbonyl (C=O) groups excluding carboxylic acids is 1. The average molecular weight is 391 g/mol. The first-order chi connectivity index (χ1) is 13.2. The number of fused-ring (bicyclic) bond motifs is 1. The predicted octanol–water partition coefficient (Wildman–Crippen LogP) is 4.27. The third-order valence-electron chi connectivity index (χ3n) is 6.64. The lowest BCUT2D eigenvalue weighted by Crippen LogP contribution is -2.39. The molecule has 5 heteroatoms. The fourth-order valence-electron chi connectivity index (χ4n) is 5.14. The van der Waals surface area contributed by atoms with Gasteiger partial charge in [-0.3, -0.25) is 4.79 Å². The van der Waals surface area contributed by atoms with Crippen molar-refractivity contribution in [3.8, 4) is 5.75 Å². The molecule has 27 heavy (non-hydrogen) atoms. The van der Waals surface area contributed by atoms with E-state index in [1.54, 1.807) is 0 Å². The van der Waals surface area contributed by atoms with Crippen LogP contribution in [0.25, 0.3) is 0 Å². The van der Waals surface area contributed by atoms with E-state index in [2.05, 4.69) is 10.2 Å². The van der Waals surface area contributed by atoms with Gasteiger partial charge in [-0.25, -0.2) is 0 Å². The Hall–Kier alpha value is -1.26. The maximum Gasteiger partial charge on any atom is 0.223 e. The SMILES string of the molecule is O=C1N[C@@H]2CCCC[C@H]2C1CCCN1CCC(Oc2ccc(Cl)cc2)CC1. The number of carbonyl (C=O) groups is 1. The Bertz CT molecular complexity index is 628. The summed E-state index contributed by atoms with van der Waals surface area (Å²) in [5.41, 5.74) is 0. The Kier molecular flexibility index (Phi) is 6.24. The van der Waals surface area contributed by atoms with Crippen LogP contribution in [0.4, 0.5) is 0 Å². The van der Waals surface area contributed by atoms with Crippen molar-refractivity contribution in [1.29, 1.82) is 0 Å². The topological polar surface area (TPSA) is 41.6 Å². The second-order valence-electron chi connectivity index (χ2n) is 8.42.